The molecule has 0 saturated carbocycles. The van der Waals surface area contributed by atoms with Crippen molar-refractivity contribution in [1.29, 1.82) is 0 Å². The second-order valence-corrected chi connectivity index (χ2v) is 5.07. The van der Waals surface area contributed by atoms with Crippen LogP contribution in [0.5, 0.6) is 0 Å². The molecule has 0 fully saturated rings. The highest BCUT2D eigenvalue weighted by atomic mass is 32.2. The molecule has 0 aliphatic carbocycles. The summed E-state index contributed by atoms with van der Waals surface area (Å²) in [7, 11) is 0. The van der Waals surface area contributed by atoms with Crippen molar-refractivity contribution in [1.82, 2.24) is 0 Å². The maximum absolute atomic E-state index is 11.8. The Morgan fingerprint density at radius 2 is 1.89 bits per heavy atom. The molecule has 0 heterocycles. The van der Waals surface area contributed by atoms with Gasteiger partial charge in [0.25, 0.3) is 0 Å². The molecule has 0 atom stereocenters. The lowest BCUT2D eigenvalue weighted by atomic mass is 10.2. The zero-order valence-electron chi connectivity index (χ0n) is 10.2. The number of amides is 1. The number of nitrogens with one attached hydrogen (secondary N) is 1. The van der Waals surface area contributed by atoms with Gasteiger partial charge in [0, 0.05) is 10.6 Å². The Morgan fingerprint density at radius 1 is 1.11 bits per heavy atom. The van der Waals surface area contributed by atoms with Crippen LogP contribution in [-0.4, -0.2) is 11.7 Å². The van der Waals surface area contributed by atoms with Crippen molar-refractivity contribution in [2.75, 3.05) is 11.1 Å². The van der Waals surface area contributed by atoms with E-state index in [-0.39, 0.29) is 5.91 Å². The average Bonchev–Trinajstić information content (AvgIpc) is 2.38. The van der Waals surface area contributed by atoms with Crippen molar-refractivity contribution in [3.8, 4) is 0 Å². The van der Waals surface area contributed by atoms with E-state index in [1.165, 1.54) is 11.8 Å². The predicted octanol–water partition coefficient (Wildman–Crippen LogP) is 3.73. The number of thioether (sulfide) groups is 1. The number of carbonyl (C=O) groups excluding carboxylic acids is 1. The molecule has 2 aromatic carbocycles. The molecule has 0 spiro atoms. The lowest BCUT2D eigenvalue weighted by molar-refractivity contribution is -0.113. The summed E-state index contributed by atoms with van der Waals surface area (Å²) in [6.45, 7) is 2.01. The second-order valence-electron chi connectivity index (χ2n) is 4.02. The number of aryl methyl sites for hydroxylation is 1. The smallest absolute Gasteiger partial charge is 0.234 e. The fraction of sp³-hybridized carbons (Fsp3) is 0.133. The fourth-order valence-corrected chi connectivity index (χ4v) is 2.31. The topological polar surface area (TPSA) is 29.1 Å². The Morgan fingerprint density at radius 3 is 2.61 bits per heavy atom. The molecule has 1 N–H and O–H groups in total. The molecule has 3 heteroatoms. The van der Waals surface area contributed by atoms with Crippen molar-refractivity contribution in [2.45, 2.75) is 11.8 Å². The highest BCUT2D eigenvalue weighted by Crippen LogP contribution is 2.17. The van der Waals surface area contributed by atoms with Crippen molar-refractivity contribution in [2.24, 2.45) is 0 Å². The van der Waals surface area contributed by atoms with Gasteiger partial charge in [-0.15, -0.1) is 11.8 Å². The first kappa shape index (κ1) is 12.7. The predicted molar refractivity (Wildman–Crippen MR) is 77.0 cm³/mol. The fourth-order valence-electron chi connectivity index (χ4n) is 1.59. The van der Waals surface area contributed by atoms with Crippen LogP contribution in [0.25, 0.3) is 0 Å². The molecule has 2 aromatic rings. The minimum Gasteiger partial charge on any atom is -0.325 e. The summed E-state index contributed by atoms with van der Waals surface area (Å²) in [6, 6.07) is 17.7. The Hall–Kier alpha value is -1.74. The van der Waals surface area contributed by atoms with Gasteiger partial charge in [-0.3, -0.25) is 4.79 Å². The van der Waals surface area contributed by atoms with Gasteiger partial charge in [-0.05, 0) is 36.8 Å². The lowest BCUT2D eigenvalue weighted by Gasteiger charge is -2.05. The van der Waals surface area contributed by atoms with Crippen LogP contribution in [0.3, 0.4) is 0 Å². The number of anilines is 1. The second kappa shape index (κ2) is 6.26. The van der Waals surface area contributed by atoms with Crippen LogP contribution in [0.2, 0.25) is 0 Å². The number of hydrogen-bond donors (Lipinski definition) is 1. The number of rotatable bonds is 4. The monoisotopic (exact) mass is 257 g/mol. The first-order valence-corrected chi connectivity index (χ1v) is 6.77. The standard InChI is InChI=1S/C15H15NOS/c1-12-6-5-7-13(10-12)16-15(17)11-18-14-8-3-2-4-9-14/h2-10H,11H2,1H3,(H,16,17). The molecule has 0 aliphatic heterocycles. The third-order valence-corrected chi connectivity index (χ3v) is 3.43. The minimum atomic E-state index is 0.0226. The third-order valence-electron chi connectivity index (χ3n) is 2.41. The highest BCUT2D eigenvalue weighted by molar-refractivity contribution is 8.00. The normalized spacial score (nSPS) is 10.1. The van der Waals surface area contributed by atoms with Crippen molar-refractivity contribution in [3.63, 3.8) is 0 Å². The van der Waals surface area contributed by atoms with Gasteiger partial charge in [0.05, 0.1) is 5.75 Å². The first-order chi connectivity index (χ1) is 8.74. The van der Waals surface area contributed by atoms with Gasteiger partial charge >= 0.3 is 0 Å². The largest absolute Gasteiger partial charge is 0.325 e. The molecule has 1 amide bonds. The summed E-state index contributed by atoms with van der Waals surface area (Å²) in [5, 5.41) is 2.89. The molecule has 0 radical (unpaired) electrons. The molecule has 92 valence electrons. The van der Waals surface area contributed by atoms with E-state index in [0.717, 1.165) is 16.1 Å². The Kier molecular flexibility index (Phi) is 4.42. The Bertz CT molecular complexity index is 525. The summed E-state index contributed by atoms with van der Waals surface area (Å²) >= 11 is 1.54. The summed E-state index contributed by atoms with van der Waals surface area (Å²) < 4.78 is 0. The van der Waals surface area contributed by atoms with Crippen molar-refractivity contribution >= 4 is 23.4 Å². The van der Waals surface area contributed by atoms with Gasteiger partial charge < -0.3 is 5.32 Å². The summed E-state index contributed by atoms with van der Waals surface area (Å²) in [5.41, 5.74) is 2.00. The molecular weight excluding hydrogens is 242 g/mol. The molecule has 0 unspecified atom stereocenters. The Labute approximate surface area is 111 Å². The van der Waals surface area contributed by atoms with Crippen LogP contribution in [0, 0.1) is 6.92 Å². The van der Waals surface area contributed by atoms with E-state index < -0.39 is 0 Å². The van der Waals surface area contributed by atoms with E-state index in [9.17, 15) is 4.79 Å². The van der Waals surface area contributed by atoms with Crippen LogP contribution < -0.4 is 5.32 Å². The maximum Gasteiger partial charge on any atom is 0.234 e. The summed E-state index contributed by atoms with van der Waals surface area (Å²) in [5.74, 6) is 0.451. The van der Waals surface area contributed by atoms with Gasteiger partial charge in [0.15, 0.2) is 0 Å². The summed E-state index contributed by atoms with van der Waals surface area (Å²) in [6.07, 6.45) is 0. The molecular formula is C15H15NOS. The van der Waals surface area contributed by atoms with Crippen LogP contribution in [0.1, 0.15) is 5.56 Å². The SMILES string of the molecule is Cc1cccc(NC(=O)CSc2ccccc2)c1. The molecule has 0 aliphatic rings. The van der Waals surface area contributed by atoms with Crippen LogP contribution in [0.4, 0.5) is 5.69 Å². The van der Waals surface area contributed by atoms with Gasteiger partial charge in [-0.1, -0.05) is 30.3 Å². The first-order valence-electron chi connectivity index (χ1n) is 5.78. The average molecular weight is 257 g/mol. The van der Waals surface area contributed by atoms with E-state index in [1.807, 2.05) is 61.5 Å². The molecule has 18 heavy (non-hydrogen) atoms. The van der Waals surface area contributed by atoms with E-state index >= 15 is 0 Å². The molecule has 2 rings (SSSR count). The summed E-state index contributed by atoms with van der Waals surface area (Å²) in [4.78, 5) is 12.9. The van der Waals surface area contributed by atoms with Gasteiger partial charge in [-0.2, -0.15) is 0 Å². The molecule has 2 nitrogen and oxygen atoms in total. The Balaban J connectivity index is 1.86. The molecule has 0 aromatic heterocycles. The van der Waals surface area contributed by atoms with E-state index in [4.69, 9.17) is 0 Å². The van der Waals surface area contributed by atoms with Crippen molar-refractivity contribution < 1.29 is 4.79 Å². The van der Waals surface area contributed by atoms with Gasteiger partial charge in [0.1, 0.15) is 0 Å². The molecule has 0 saturated heterocycles. The number of carbonyl (C=O) groups is 1. The van der Waals surface area contributed by atoms with Crippen molar-refractivity contribution in [3.05, 3.63) is 60.2 Å². The third kappa shape index (κ3) is 3.93. The quantitative estimate of drug-likeness (QED) is 0.846. The van der Waals surface area contributed by atoms with Crippen LogP contribution in [0.15, 0.2) is 59.5 Å². The van der Waals surface area contributed by atoms with E-state index in [1.54, 1.807) is 0 Å². The van der Waals surface area contributed by atoms with Crippen LogP contribution in [-0.2, 0) is 4.79 Å². The zero-order valence-corrected chi connectivity index (χ0v) is 11.0. The lowest BCUT2D eigenvalue weighted by Crippen LogP contribution is -2.13. The zero-order chi connectivity index (χ0) is 12.8. The number of benzene rings is 2. The van der Waals surface area contributed by atoms with Gasteiger partial charge in [0.2, 0.25) is 5.91 Å². The van der Waals surface area contributed by atoms with Gasteiger partial charge in [-0.25, -0.2) is 0 Å². The van der Waals surface area contributed by atoms with E-state index in [0.29, 0.717) is 5.75 Å². The van der Waals surface area contributed by atoms with Crippen LogP contribution >= 0.6 is 11.8 Å². The van der Waals surface area contributed by atoms with E-state index in [2.05, 4.69) is 5.32 Å². The maximum atomic E-state index is 11.8. The highest BCUT2D eigenvalue weighted by Gasteiger charge is 2.03. The minimum absolute atomic E-state index is 0.0226. The number of hydrogen-bond acceptors (Lipinski definition) is 2. The molecule has 0 bridgehead atoms.